The minimum atomic E-state index is -5.03. The zero-order chi connectivity index (χ0) is 45.5. The number of phosphoric acid groups is 1. The number of carbonyl (C=O) groups is 1. The summed E-state index contributed by atoms with van der Waals surface area (Å²) in [5.74, 6) is -0.496. The van der Waals surface area contributed by atoms with Gasteiger partial charge in [-0.3, -0.25) is 13.8 Å². The first-order valence-corrected chi connectivity index (χ1v) is 25.6. The minimum absolute atomic E-state index is 0.0850. The van der Waals surface area contributed by atoms with E-state index in [2.05, 4.69) is 74.6 Å². The van der Waals surface area contributed by atoms with Crippen LogP contribution in [0.1, 0.15) is 181 Å². The summed E-state index contributed by atoms with van der Waals surface area (Å²) in [4.78, 5) is 23.2. The number of carbonyl (C=O) groups excluding carboxylic acids is 1. The molecule has 1 fully saturated rings. The Labute approximate surface area is 375 Å². The van der Waals surface area contributed by atoms with Crippen molar-refractivity contribution in [3.8, 4) is 0 Å². The van der Waals surface area contributed by atoms with Gasteiger partial charge in [0.25, 0.3) is 0 Å². The molecule has 0 saturated heterocycles. The van der Waals surface area contributed by atoms with Crippen molar-refractivity contribution in [2.24, 2.45) is 0 Å². The number of rotatable bonds is 40. The van der Waals surface area contributed by atoms with Gasteiger partial charge in [-0.1, -0.05) is 177 Å². The molecular weight excluding hydrogens is 812 g/mol. The smallest absolute Gasteiger partial charge is 0.457 e. The maximum atomic E-state index is 12.8. The fourth-order valence-electron chi connectivity index (χ4n) is 7.09. The predicted octanol–water partition coefficient (Wildman–Crippen LogP) is 10.2. The van der Waals surface area contributed by atoms with E-state index in [0.717, 1.165) is 83.5 Å². The van der Waals surface area contributed by atoms with Crippen molar-refractivity contribution in [3.05, 3.63) is 60.8 Å². The van der Waals surface area contributed by atoms with Gasteiger partial charge in [0.2, 0.25) is 0 Å². The van der Waals surface area contributed by atoms with Gasteiger partial charge in [-0.15, -0.1) is 0 Å². The number of hydrogen-bond donors (Lipinski definition) is 6. The van der Waals surface area contributed by atoms with Crippen molar-refractivity contribution < 1.29 is 58.3 Å². The van der Waals surface area contributed by atoms with Crippen LogP contribution in [-0.2, 0) is 27.9 Å². The van der Waals surface area contributed by atoms with Gasteiger partial charge >= 0.3 is 13.8 Å². The van der Waals surface area contributed by atoms with E-state index in [1.54, 1.807) is 0 Å². The summed E-state index contributed by atoms with van der Waals surface area (Å²) in [7, 11) is -5.03. The van der Waals surface area contributed by atoms with Crippen LogP contribution in [-0.4, -0.2) is 98.9 Å². The molecule has 0 aromatic heterocycles. The Hall–Kier alpha value is -1.96. The van der Waals surface area contributed by atoms with Gasteiger partial charge in [0.05, 0.1) is 13.2 Å². The largest absolute Gasteiger partial charge is 0.472 e. The second-order valence-electron chi connectivity index (χ2n) is 16.6. The number of unbranched alkanes of at least 4 members (excludes halogenated alkanes) is 18. The fraction of sp³-hybridized carbons (Fsp3) is 0.776. The minimum Gasteiger partial charge on any atom is -0.457 e. The van der Waals surface area contributed by atoms with Gasteiger partial charge in [-0.2, -0.15) is 0 Å². The summed E-state index contributed by atoms with van der Waals surface area (Å²) in [6.45, 7) is 4.13. The molecule has 0 bridgehead atoms. The molecular formula is C49H87O12P. The third kappa shape index (κ3) is 31.0. The van der Waals surface area contributed by atoms with Crippen LogP contribution in [0, 0.1) is 0 Å². The SMILES string of the molecule is CC/C=C\C/C=C\C/C=C\C/C=C\C/C=C\CCCCCCCC(=O)OC(COCCCCCCCCCCCCCCCC)COP(=O)(O)OC1C(O)C(O)C(O)C(O)C1O. The van der Waals surface area contributed by atoms with Crippen LogP contribution in [0.2, 0.25) is 0 Å². The molecule has 13 heteroatoms. The average Bonchev–Trinajstić information content (AvgIpc) is 3.26. The Morgan fingerprint density at radius 1 is 0.532 bits per heavy atom. The van der Waals surface area contributed by atoms with Crippen molar-refractivity contribution in [2.75, 3.05) is 19.8 Å². The Kier molecular flexibility index (Phi) is 36.9. The first-order valence-electron chi connectivity index (χ1n) is 24.1. The number of esters is 1. The Morgan fingerprint density at radius 3 is 1.45 bits per heavy atom. The molecule has 6 N–H and O–H groups in total. The van der Waals surface area contributed by atoms with Crippen LogP contribution in [0.4, 0.5) is 0 Å². The highest BCUT2D eigenvalue weighted by molar-refractivity contribution is 7.47. The van der Waals surface area contributed by atoms with Crippen LogP contribution in [0.3, 0.4) is 0 Å². The first kappa shape index (κ1) is 58.1. The standard InChI is InChI=1S/C49H87O12P/c1-3-5-7-9-11-13-15-17-19-20-21-22-23-24-25-26-28-30-32-34-36-38-43(50)60-42(40-58-39-37-35-33-31-29-27-18-16-14-12-10-8-6-4-2)41-59-62(56,57)61-49-47(54)45(52)44(51)46(53)48(49)55/h5,7,11,13,17,19,21-22,24-25,42,44-49,51-55H,3-4,6,8-10,12,14-16,18,20,23,26-41H2,1-2H3,(H,56,57)/b7-5-,13-11-,19-17-,22-21-,25-24-. The van der Waals surface area contributed by atoms with E-state index in [1.807, 2.05) is 0 Å². The molecule has 0 heterocycles. The van der Waals surface area contributed by atoms with Gasteiger partial charge in [0.15, 0.2) is 0 Å². The monoisotopic (exact) mass is 899 g/mol. The summed E-state index contributed by atoms with van der Waals surface area (Å²) in [6, 6.07) is 0. The maximum Gasteiger partial charge on any atom is 0.472 e. The van der Waals surface area contributed by atoms with Gasteiger partial charge in [0.1, 0.15) is 42.7 Å². The van der Waals surface area contributed by atoms with Crippen LogP contribution >= 0.6 is 7.82 Å². The molecule has 0 aromatic carbocycles. The van der Waals surface area contributed by atoms with Gasteiger partial charge in [-0.25, -0.2) is 4.57 Å². The maximum absolute atomic E-state index is 12.8. The molecule has 360 valence electrons. The van der Waals surface area contributed by atoms with E-state index in [4.69, 9.17) is 18.5 Å². The third-order valence-electron chi connectivity index (χ3n) is 10.9. The van der Waals surface area contributed by atoms with E-state index >= 15 is 0 Å². The van der Waals surface area contributed by atoms with Crippen LogP contribution in [0.25, 0.3) is 0 Å². The van der Waals surface area contributed by atoms with Crippen molar-refractivity contribution in [3.63, 3.8) is 0 Å². The Morgan fingerprint density at radius 2 is 0.952 bits per heavy atom. The molecule has 0 radical (unpaired) electrons. The first-order chi connectivity index (χ1) is 30.0. The summed E-state index contributed by atoms with van der Waals surface area (Å²) in [5.41, 5.74) is 0. The van der Waals surface area contributed by atoms with Crippen LogP contribution in [0.5, 0.6) is 0 Å². The van der Waals surface area contributed by atoms with Gasteiger partial charge < -0.3 is 39.9 Å². The lowest BCUT2D eigenvalue weighted by atomic mass is 9.85. The summed E-state index contributed by atoms with van der Waals surface area (Å²) in [5, 5.41) is 50.2. The highest BCUT2D eigenvalue weighted by atomic mass is 31.2. The molecule has 0 spiro atoms. The molecule has 1 saturated carbocycles. The Bertz CT molecular complexity index is 1250. The zero-order valence-electron chi connectivity index (χ0n) is 38.4. The van der Waals surface area contributed by atoms with Crippen LogP contribution in [0.15, 0.2) is 60.8 Å². The summed E-state index contributed by atoms with van der Waals surface area (Å²) >= 11 is 0. The van der Waals surface area contributed by atoms with Gasteiger partial charge in [0, 0.05) is 13.0 Å². The van der Waals surface area contributed by atoms with Crippen LogP contribution < -0.4 is 0 Å². The number of phosphoric ester groups is 1. The summed E-state index contributed by atoms with van der Waals surface area (Å²) < 4.78 is 34.2. The lowest BCUT2D eigenvalue weighted by Gasteiger charge is -2.41. The molecule has 0 amide bonds. The molecule has 1 rings (SSSR count). The molecule has 6 atom stereocenters. The average molecular weight is 899 g/mol. The van der Waals surface area contributed by atoms with Gasteiger partial charge in [-0.05, 0) is 57.8 Å². The highest BCUT2D eigenvalue weighted by Crippen LogP contribution is 2.47. The number of aliphatic hydroxyl groups excluding tert-OH is 5. The van der Waals surface area contributed by atoms with Crippen molar-refractivity contribution in [1.82, 2.24) is 0 Å². The van der Waals surface area contributed by atoms with Crippen molar-refractivity contribution in [2.45, 2.75) is 224 Å². The highest BCUT2D eigenvalue weighted by Gasteiger charge is 2.51. The topological polar surface area (TPSA) is 192 Å². The molecule has 1 aliphatic rings. The molecule has 0 aliphatic heterocycles. The second kappa shape index (κ2) is 39.4. The quantitative estimate of drug-likeness (QED) is 0.0148. The van der Waals surface area contributed by atoms with E-state index in [0.29, 0.717) is 13.0 Å². The lowest BCUT2D eigenvalue weighted by Crippen LogP contribution is -2.64. The number of aliphatic hydroxyl groups is 5. The molecule has 0 aromatic rings. The number of ether oxygens (including phenoxy) is 2. The third-order valence-corrected chi connectivity index (χ3v) is 11.9. The van der Waals surface area contributed by atoms with E-state index in [1.165, 1.54) is 70.6 Å². The molecule has 62 heavy (non-hydrogen) atoms. The summed E-state index contributed by atoms with van der Waals surface area (Å²) in [6.07, 6.45) is 37.1. The predicted molar refractivity (Wildman–Crippen MR) is 248 cm³/mol. The Balaban J connectivity index is 2.39. The van der Waals surface area contributed by atoms with E-state index < -0.39 is 63.1 Å². The number of hydrogen-bond acceptors (Lipinski definition) is 11. The zero-order valence-corrected chi connectivity index (χ0v) is 39.3. The molecule has 12 nitrogen and oxygen atoms in total. The van der Waals surface area contributed by atoms with E-state index in [-0.39, 0.29) is 13.0 Å². The fourth-order valence-corrected chi connectivity index (χ4v) is 8.06. The second-order valence-corrected chi connectivity index (χ2v) is 18.0. The van der Waals surface area contributed by atoms with Crippen molar-refractivity contribution in [1.29, 1.82) is 0 Å². The van der Waals surface area contributed by atoms with E-state index in [9.17, 15) is 39.8 Å². The lowest BCUT2D eigenvalue weighted by molar-refractivity contribution is -0.220. The normalized spacial score (nSPS) is 22.5. The number of allylic oxidation sites excluding steroid dienone is 10. The van der Waals surface area contributed by atoms with Crippen molar-refractivity contribution >= 4 is 13.8 Å². The molecule has 6 unspecified atom stereocenters. The molecule has 1 aliphatic carbocycles.